The van der Waals surface area contributed by atoms with Crippen LogP contribution < -0.4 is 4.74 Å². The molecule has 0 aromatic carbocycles. The molecule has 0 aliphatic heterocycles. The Labute approximate surface area is 112 Å². The minimum atomic E-state index is 0.795. The fourth-order valence-corrected chi connectivity index (χ4v) is 2.06. The quantitative estimate of drug-likeness (QED) is 0.620. The molecule has 2 heteroatoms. The van der Waals surface area contributed by atoms with Crippen LogP contribution >= 0.6 is 0 Å². The first-order chi connectivity index (χ1) is 8.65. The molecular formula is C16H27NO. The van der Waals surface area contributed by atoms with Crippen molar-refractivity contribution in [3.63, 3.8) is 0 Å². The molecule has 0 unspecified atom stereocenters. The van der Waals surface area contributed by atoms with E-state index in [1.807, 2.05) is 6.92 Å². The first kappa shape index (κ1) is 15.0. The molecule has 0 spiro atoms. The number of pyridine rings is 1. The van der Waals surface area contributed by atoms with Gasteiger partial charge in [-0.1, -0.05) is 39.0 Å². The molecule has 0 bridgehead atoms. The Kier molecular flexibility index (Phi) is 6.77. The van der Waals surface area contributed by atoms with Gasteiger partial charge in [0.1, 0.15) is 0 Å². The smallest absolute Gasteiger partial charge is 0.216 e. The van der Waals surface area contributed by atoms with Crippen molar-refractivity contribution >= 4 is 0 Å². The summed E-state index contributed by atoms with van der Waals surface area (Å²) < 4.78 is 5.79. The van der Waals surface area contributed by atoms with Gasteiger partial charge in [0, 0.05) is 11.3 Å². The second-order valence-corrected chi connectivity index (χ2v) is 5.13. The Morgan fingerprint density at radius 3 is 2.39 bits per heavy atom. The van der Waals surface area contributed by atoms with E-state index in [9.17, 15) is 0 Å². The van der Waals surface area contributed by atoms with E-state index >= 15 is 0 Å². The molecule has 0 atom stereocenters. The van der Waals surface area contributed by atoms with Crippen molar-refractivity contribution in [1.29, 1.82) is 0 Å². The Morgan fingerprint density at radius 1 is 1.00 bits per heavy atom. The molecule has 0 saturated carbocycles. The maximum Gasteiger partial charge on any atom is 0.216 e. The Morgan fingerprint density at radius 2 is 1.67 bits per heavy atom. The van der Waals surface area contributed by atoms with Gasteiger partial charge in [-0.3, -0.25) is 0 Å². The molecule has 0 N–H and O–H groups in total. The molecule has 0 saturated heterocycles. The number of hydrogen-bond donors (Lipinski definition) is 0. The summed E-state index contributed by atoms with van der Waals surface area (Å²) in [6.07, 6.45) is 7.76. The highest BCUT2D eigenvalue weighted by Crippen LogP contribution is 2.19. The fraction of sp³-hybridized carbons (Fsp3) is 0.688. The van der Waals surface area contributed by atoms with Crippen LogP contribution in [0.3, 0.4) is 0 Å². The summed E-state index contributed by atoms with van der Waals surface area (Å²) in [6, 6.07) is 2.10. The molecule has 1 rings (SSSR count). The highest BCUT2D eigenvalue weighted by molar-refractivity contribution is 5.34. The number of hydrogen-bond acceptors (Lipinski definition) is 2. The van der Waals surface area contributed by atoms with Crippen LogP contribution in [-0.4, -0.2) is 11.6 Å². The van der Waals surface area contributed by atoms with Crippen LogP contribution in [0.4, 0.5) is 0 Å². The molecule has 0 radical (unpaired) electrons. The monoisotopic (exact) mass is 249 g/mol. The van der Waals surface area contributed by atoms with Crippen LogP contribution in [0.2, 0.25) is 0 Å². The average molecular weight is 249 g/mol. The van der Waals surface area contributed by atoms with Crippen LogP contribution in [0.15, 0.2) is 6.07 Å². The third-order valence-corrected chi connectivity index (χ3v) is 3.35. The van der Waals surface area contributed by atoms with E-state index in [1.165, 1.54) is 43.2 Å². The minimum Gasteiger partial charge on any atom is -0.477 e. The van der Waals surface area contributed by atoms with Crippen molar-refractivity contribution in [3.05, 3.63) is 22.9 Å². The first-order valence-corrected chi connectivity index (χ1v) is 7.22. The largest absolute Gasteiger partial charge is 0.477 e. The van der Waals surface area contributed by atoms with Gasteiger partial charge in [-0.25, -0.2) is 4.98 Å². The van der Waals surface area contributed by atoms with Crippen LogP contribution in [-0.2, 0) is 0 Å². The van der Waals surface area contributed by atoms with E-state index in [-0.39, 0.29) is 0 Å². The van der Waals surface area contributed by atoms with E-state index in [1.54, 1.807) is 0 Å². The standard InChI is InChI=1S/C16H27NO/c1-5-6-7-8-9-10-11-18-16-15(4)13(2)12-14(3)17-16/h12H,5-11H2,1-4H3. The lowest BCUT2D eigenvalue weighted by Crippen LogP contribution is -2.03. The highest BCUT2D eigenvalue weighted by atomic mass is 16.5. The molecule has 1 heterocycles. The number of aryl methyl sites for hydroxylation is 2. The van der Waals surface area contributed by atoms with E-state index in [0.717, 1.165) is 24.6 Å². The summed E-state index contributed by atoms with van der Waals surface area (Å²) in [6.45, 7) is 9.25. The van der Waals surface area contributed by atoms with Gasteiger partial charge in [-0.05, 0) is 38.8 Å². The van der Waals surface area contributed by atoms with Gasteiger partial charge in [0.05, 0.1) is 6.61 Å². The molecule has 1 aromatic rings. The van der Waals surface area contributed by atoms with Crippen molar-refractivity contribution in [2.24, 2.45) is 0 Å². The lowest BCUT2D eigenvalue weighted by atomic mass is 10.1. The predicted octanol–water partition coefficient (Wildman–Crippen LogP) is 4.75. The summed E-state index contributed by atoms with van der Waals surface area (Å²) in [7, 11) is 0. The molecule has 0 aliphatic rings. The predicted molar refractivity (Wildman–Crippen MR) is 77.3 cm³/mol. The second-order valence-electron chi connectivity index (χ2n) is 5.13. The fourth-order valence-electron chi connectivity index (χ4n) is 2.06. The Balaban J connectivity index is 2.27. The Bertz CT molecular complexity index is 360. The number of ether oxygens (including phenoxy) is 1. The van der Waals surface area contributed by atoms with Gasteiger partial charge < -0.3 is 4.74 Å². The number of nitrogens with zero attached hydrogens (tertiary/aromatic N) is 1. The number of rotatable bonds is 8. The van der Waals surface area contributed by atoms with Crippen LogP contribution in [0.25, 0.3) is 0 Å². The van der Waals surface area contributed by atoms with Crippen molar-refractivity contribution in [1.82, 2.24) is 4.98 Å². The van der Waals surface area contributed by atoms with Crippen LogP contribution in [0.5, 0.6) is 5.88 Å². The van der Waals surface area contributed by atoms with Gasteiger partial charge in [0.15, 0.2) is 0 Å². The van der Waals surface area contributed by atoms with E-state index in [4.69, 9.17) is 4.74 Å². The van der Waals surface area contributed by atoms with Crippen LogP contribution in [0, 0.1) is 20.8 Å². The summed E-state index contributed by atoms with van der Waals surface area (Å²) in [5.74, 6) is 0.820. The molecular weight excluding hydrogens is 222 g/mol. The second kappa shape index (κ2) is 8.12. The minimum absolute atomic E-state index is 0.795. The first-order valence-electron chi connectivity index (χ1n) is 7.22. The molecule has 0 fully saturated rings. The van der Waals surface area contributed by atoms with Crippen molar-refractivity contribution < 1.29 is 4.74 Å². The van der Waals surface area contributed by atoms with Crippen molar-refractivity contribution in [2.45, 2.75) is 66.2 Å². The van der Waals surface area contributed by atoms with E-state index in [2.05, 4.69) is 31.8 Å². The molecule has 18 heavy (non-hydrogen) atoms. The van der Waals surface area contributed by atoms with Gasteiger partial charge in [-0.2, -0.15) is 0 Å². The third kappa shape index (κ3) is 5.07. The maximum atomic E-state index is 5.79. The zero-order valence-corrected chi connectivity index (χ0v) is 12.4. The highest BCUT2D eigenvalue weighted by Gasteiger charge is 2.05. The van der Waals surface area contributed by atoms with Crippen LogP contribution in [0.1, 0.15) is 62.3 Å². The summed E-state index contributed by atoms with van der Waals surface area (Å²) in [4.78, 5) is 4.46. The third-order valence-electron chi connectivity index (χ3n) is 3.35. The van der Waals surface area contributed by atoms with E-state index in [0.29, 0.717) is 0 Å². The Hall–Kier alpha value is -1.05. The molecule has 0 amide bonds. The van der Waals surface area contributed by atoms with Gasteiger partial charge in [-0.15, -0.1) is 0 Å². The van der Waals surface area contributed by atoms with E-state index < -0.39 is 0 Å². The molecule has 1 aromatic heterocycles. The van der Waals surface area contributed by atoms with Gasteiger partial charge in [0.25, 0.3) is 0 Å². The average Bonchev–Trinajstić information content (AvgIpc) is 2.33. The van der Waals surface area contributed by atoms with Crippen molar-refractivity contribution in [3.8, 4) is 5.88 Å². The summed E-state index contributed by atoms with van der Waals surface area (Å²) >= 11 is 0. The summed E-state index contributed by atoms with van der Waals surface area (Å²) in [5.41, 5.74) is 3.48. The van der Waals surface area contributed by atoms with Crippen molar-refractivity contribution in [2.75, 3.05) is 6.61 Å². The molecule has 0 aliphatic carbocycles. The van der Waals surface area contributed by atoms with Gasteiger partial charge >= 0.3 is 0 Å². The normalized spacial score (nSPS) is 10.7. The molecule has 2 nitrogen and oxygen atoms in total. The zero-order valence-electron chi connectivity index (χ0n) is 12.4. The lowest BCUT2D eigenvalue weighted by molar-refractivity contribution is 0.290. The summed E-state index contributed by atoms with van der Waals surface area (Å²) in [5, 5.41) is 0. The number of unbranched alkanes of at least 4 members (excludes halogenated alkanes) is 5. The topological polar surface area (TPSA) is 22.1 Å². The zero-order chi connectivity index (χ0) is 13.4. The van der Waals surface area contributed by atoms with Gasteiger partial charge in [0.2, 0.25) is 5.88 Å². The SMILES string of the molecule is CCCCCCCCOc1nc(C)cc(C)c1C. The number of aromatic nitrogens is 1. The lowest BCUT2D eigenvalue weighted by Gasteiger charge is -2.11. The molecule has 102 valence electrons. The maximum absolute atomic E-state index is 5.79.